The molecule has 6 nitrogen and oxygen atoms in total. The lowest BCUT2D eigenvalue weighted by Crippen LogP contribution is -2.57. The number of aryl methyl sites for hydroxylation is 1. The number of hydrogen-bond acceptors (Lipinski definition) is 5. The molecule has 1 fully saturated rings. The third kappa shape index (κ3) is 3.38. The van der Waals surface area contributed by atoms with Gasteiger partial charge in [0.2, 0.25) is 0 Å². The van der Waals surface area contributed by atoms with E-state index in [0.717, 1.165) is 11.3 Å². The molecule has 0 saturated carbocycles. The van der Waals surface area contributed by atoms with Crippen molar-refractivity contribution < 1.29 is 31.5 Å². The molecule has 0 unspecified atom stereocenters. The molecule has 1 spiro atoms. The molecule has 0 aromatic carbocycles. The van der Waals surface area contributed by atoms with E-state index in [4.69, 9.17) is 16.3 Å². The van der Waals surface area contributed by atoms with E-state index in [-0.39, 0.29) is 33.3 Å². The van der Waals surface area contributed by atoms with Crippen LogP contribution in [0.5, 0.6) is 0 Å². The molecule has 1 amide bonds. The topological polar surface area (TPSA) is 60.2 Å². The van der Waals surface area contributed by atoms with Crippen molar-refractivity contribution >= 4 is 28.8 Å². The first-order valence-electron chi connectivity index (χ1n) is 8.92. The Kier molecular flexibility index (Phi) is 4.90. The van der Waals surface area contributed by atoms with Crippen molar-refractivity contribution in [3.63, 3.8) is 0 Å². The normalized spacial score (nSPS) is 28.6. The van der Waals surface area contributed by atoms with Crippen molar-refractivity contribution in [1.29, 1.82) is 0 Å². The van der Waals surface area contributed by atoms with Crippen LogP contribution in [0.25, 0.3) is 0 Å². The SMILES string of the molecule is C[C@H]1C[C@@]2(C[C@@H](c3cn(C)nn3)N1C(=O)C(F)(F)F)OCC(F)(F)c1cc(Cl)sc12. The summed E-state index contributed by atoms with van der Waals surface area (Å²) < 4.78 is 75.8. The van der Waals surface area contributed by atoms with Crippen molar-refractivity contribution in [2.75, 3.05) is 6.61 Å². The highest BCUT2D eigenvalue weighted by molar-refractivity contribution is 7.16. The van der Waals surface area contributed by atoms with E-state index >= 15 is 0 Å². The van der Waals surface area contributed by atoms with Crippen LogP contribution in [0.15, 0.2) is 12.3 Å². The minimum absolute atomic E-state index is 0.0918. The van der Waals surface area contributed by atoms with E-state index < -0.39 is 42.3 Å². The number of fused-ring (bicyclic) bond motifs is 2. The van der Waals surface area contributed by atoms with E-state index in [2.05, 4.69) is 10.3 Å². The van der Waals surface area contributed by atoms with Gasteiger partial charge >= 0.3 is 12.1 Å². The molecule has 2 aromatic heterocycles. The molecular formula is C17H16ClF5N4O2S. The Morgan fingerprint density at radius 1 is 1.37 bits per heavy atom. The van der Waals surface area contributed by atoms with Crippen LogP contribution in [-0.2, 0) is 28.1 Å². The highest BCUT2D eigenvalue weighted by Gasteiger charge is 2.58. The third-order valence-corrected chi connectivity index (χ3v) is 6.89. The standard InChI is InChI=1S/C17H16ClF5N4O2S/c1-8-4-15(13-9(3-12(18)30-13)16(19,20)7-29-15)5-11(10-6-26(2)25-24-10)27(8)14(28)17(21,22)23/h3,6,8,11H,4-5,7H2,1-2H3/t8-,11-,15-/m0/s1. The van der Waals surface area contributed by atoms with Crippen molar-refractivity contribution in [3.8, 4) is 0 Å². The lowest BCUT2D eigenvalue weighted by atomic mass is 9.77. The lowest BCUT2D eigenvalue weighted by Gasteiger charge is -2.51. The average Bonchev–Trinajstić information content (AvgIpc) is 3.24. The summed E-state index contributed by atoms with van der Waals surface area (Å²) in [4.78, 5) is 13.1. The molecule has 4 rings (SSSR count). The van der Waals surface area contributed by atoms with Gasteiger partial charge in [0.15, 0.2) is 0 Å². The zero-order valence-corrected chi connectivity index (χ0v) is 17.3. The largest absolute Gasteiger partial charge is 0.471 e. The number of alkyl halides is 5. The van der Waals surface area contributed by atoms with Crippen molar-refractivity contribution in [2.45, 2.75) is 49.5 Å². The number of rotatable bonds is 1. The molecule has 0 N–H and O–H groups in total. The molecule has 2 aliphatic heterocycles. The van der Waals surface area contributed by atoms with Gasteiger partial charge in [-0.1, -0.05) is 16.8 Å². The molecule has 0 bridgehead atoms. The summed E-state index contributed by atoms with van der Waals surface area (Å²) in [5, 5.41) is 7.63. The molecule has 2 aromatic rings. The number of nitrogens with zero attached hydrogens (tertiary/aromatic N) is 4. The van der Waals surface area contributed by atoms with Gasteiger partial charge in [-0.25, -0.2) is 0 Å². The number of aromatic nitrogens is 3. The van der Waals surface area contributed by atoms with Gasteiger partial charge in [-0.05, 0) is 13.0 Å². The third-order valence-electron chi connectivity index (χ3n) is 5.44. The minimum atomic E-state index is -5.10. The van der Waals surface area contributed by atoms with Crippen molar-refractivity contribution in [1.82, 2.24) is 19.9 Å². The molecule has 1 saturated heterocycles. The van der Waals surface area contributed by atoms with Gasteiger partial charge in [-0.2, -0.15) is 22.0 Å². The van der Waals surface area contributed by atoms with Gasteiger partial charge in [0, 0.05) is 36.4 Å². The van der Waals surface area contributed by atoms with Crippen LogP contribution in [0.2, 0.25) is 4.34 Å². The number of thiophene rings is 1. The molecule has 0 radical (unpaired) electrons. The second-order valence-corrected chi connectivity index (χ2v) is 9.26. The first-order valence-corrected chi connectivity index (χ1v) is 10.1. The zero-order chi connectivity index (χ0) is 22.1. The van der Waals surface area contributed by atoms with Crippen LogP contribution in [0, 0.1) is 0 Å². The summed E-state index contributed by atoms with van der Waals surface area (Å²) in [6.07, 6.45) is -3.98. The molecule has 0 aliphatic carbocycles. The predicted octanol–water partition coefficient (Wildman–Crippen LogP) is 4.16. The van der Waals surface area contributed by atoms with E-state index in [9.17, 15) is 26.7 Å². The lowest BCUT2D eigenvalue weighted by molar-refractivity contribution is -0.214. The van der Waals surface area contributed by atoms with Crippen LogP contribution in [0.1, 0.15) is 41.9 Å². The highest BCUT2D eigenvalue weighted by atomic mass is 35.5. The Labute approximate surface area is 176 Å². The number of hydrogen-bond donors (Lipinski definition) is 0. The predicted molar refractivity (Wildman–Crippen MR) is 96.2 cm³/mol. The van der Waals surface area contributed by atoms with Gasteiger partial charge in [0.1, 0.15) is 17.9 Å². The minimum Gasteiger partial charge on any atom is -0.363 e. The van der Waals surface area contributed by atoms with E-state index in [1.807, 2.05) is 0 Å². The van der Waals surface area contributed by atoms with Gasteiger partial charge in [-0.15, -0.1) is 16.4 Å². The Hall–Kier alpha value is -1.79. The van der Waals surface area contributed by atoms with Crippen LogP contribution in [-0.4, -0.2) is 44.6 Å². The second-order valence-electron chi connectivity index (χ2n) is 7.58. The van der Waals surface area contributed by atoms with Crippen LogP contribution in [0.4, 0.5) is 22.0 Å². The molecule has 13 heteroatoms. The fourth-order valence-corrected chi connectivity index (χ4v) is 5.72. The fraction of sp³-hybridized carbons (Fsp3) is 0.588. The van der Waals surface area contributed by atoms with Gasteiger partial charge in [0.05, 0.1) is 16.6 Å². The summed E-state index contributed by atoms with van der Waals surface area (Å²) >= 11 is 6.91. The average molecular weight is 471 g/mol. The molecule has 2 aliphatic rings. The smallest absolute Gasteiger partial charge is 0.363 e. The van der Waals surface area contributed by atoms with Gasteiger partial charge < -0.3 is 9.64 Å². The summed E-state index contributed by atoms with van der Waals surface area (Å²) in [6, 6.07) is -0.974. The number of likely N-dealkylation sites (tertiary alicyclic amines) is 1. The maximum absolute atomic E-state index is 14.4. The van der Waals surface area contributed by atoms with Crippen molar-refractivity contribution in [2.24, 2.45) is 7.05 Å². The number of piperidine rings is 1. The first-order chi connectivity index (χ1) is 13.8. The molecule has 4 heterocycles. The summed E-state index contributed by atoms with van der Waals surface area (Å²) in [7, 11) is 1.53. The van der Waals surface area contributed by atoms with Crippen LogP contribution < -0.4 is 0 Å². The Bertz CT molecular complexity index is 993. The maximum Gasteiger partial charge on any atom is 0.471 e. The molecule has 164 valence electrons. The quantitative estimate of drug-likeness (QED) is 0.587. The number of ether oxygens (including phenoxy) is 1. The van der Waals surface area contributed by atoms with Crippen molar-refractivity contribution in [3.05, 3.63) is 32.7 Å². The van der Waals surface area contributed by atoms with E-state index in [0.29, 0.717) is 4.90 Å². The Balaban J connectivity index is 1.82. The van der Waals surface area contributed by atoms with E-state index in [1.54, 1.807) is 0 Å². The summed E-state index contributed by atoms with van der Waals surface area (Å²) in [5.74, 6) is -5.29. The fourth-order valence-electron chi connectivity index (χ4n) is 4.28. The zero-order valence-electron chi connectivity index (χ0n) is 15.7. The number of carbonyl (C=O) groups excluding carboxylic acids is 1. The highest BCUT2D eigenvalue weighted by Crippen LogP contribution is 2.56. The van der Waals surface area contributed by atoms with Gasteiger partial charge in [0.25, 0.3) is 5.92 Å². The van der Waals surface area contributed by atoms with Crippen LogP contribution >= 0.6 is 22.9 Å². The molecular weight excluding hydrogens is 455 g/mol. The molecule has 3 atom stereocenters. The molecule has 30 heavy (non-hydrogen) atoms. The van der Waals surface area contributed by atoms with E-state index in [1.165, 1.54) is 30.9 Å². The monoisotopic (exact) mass is 470 g/mol. The maximum atomic E-state index is 14.4. The second kappa shape index (κ2) is 6.86. The van der Waals surface area contributed by atoms with Gasteiger partial charge in [-0.3, -0.25) is 9.48 Å². The van der Waals surface area contributed by atoms with Crippen LogP contribution in [0.3, 0.4) is 0 Å². The Morgan fingerprint density at radius 2 is 2.07 bits per heavy atom. The number of amides is 1. The summed E-state index contributed by atoms with van der Waals surface area (Å²) in [6.45, 7) is 0.499. The number of halogens is 6. The first kappa shape index (κ1) is 21.4. The Morgan fingerprint density at radius 3 is 2.67 bits per heavy atom. The number of carbonyl (C=O) groups is 1. The summed E-state index contributed by atoms with van der Waals surface area (Å²) in [5.41, 5.74) is -1.49.